The SMILES string of the molecule is Cc1cccc(C2CC3CC2C(C)C3(C)C)c1O. The van der Waals surface area contributed by atoms with E-state index in [9.17, 15) is 5.11 Å². The topological polar surface area (TPSA) is 20.2 Å². The molecule has 18 heavy (non-hydrogen) atoms. The van der Waals surface area contributed by atoms with E-state index in [1.54, 1.807) is 0 Å². The van der Waals surface area contributed by atoms with E-state index in [4.69, 9.17) is 0 Å². The maximum absolute atomic E-state index is 10.3. The molecule has 0 radical (unpaired) electrons. The molecular weight excluding hydrogens is 220 g/mol. The van der Waals surface area contributed by atoms with E-state index in [-0.39, 0.29) is 0 Å². The molecule has 2 bridgehead atoms. The van der Waals surface area contributed by atoms with E-state index in [1.807, 2.05) is 13.0 Å². The maximum Gasteiger partial charge on any atom is 0.121 e. The summed E-state index contributed by atoms with van der Waals surface area (Å²) in [5.41, 5.74) is 2.70. The van der Waals surface area contributed by atoms with Crippen molar-refractivity contribution in [3.05, 3.63) is 29.3 Å². The van der Waals surface area contributed by atoms with Crippen LogP contribution in [0.4, 0.5) is 0 Å². The lowest BCUT2D eigenvalue weighted by Gasteiger charge is -2.40. The first kappa shape index (κ1) is 12.1. The van der Waals surface area contributed by atoms with E-state index < -0.39 is 0 Å². The van der Waals surface area contributed by atoms with Crippen LogP contribution in [0, 0.1) is 30.1 Å². The minimum atomic E-state index is 0.487. The third kappa shape index (κ3) is 1.46. The molecule has 0 heterocycles. The number of phenolic OH excluding ortho intramolecular Hbond substituents is 1. The van der Waals surface area contributed by atoms with Crippen LogP contribution in [-0.4, -0.2) is 5.11 Å². The van der Waals surface area contributed by atoms with Gasteiger partial charge in [0.25, 0.3) is 0 Å². The van der Waals surface area contributed by atoms with Gasteiger partial charge in [-0.25, -0.2) is 0 Å². The number of aromatic hydroxyl groups is 1. The molecule has 0 amide bonds. The zero-order valence-corrected chi connectivity index (χ0v) is 11.9. The third-order valence-corrected chi connectivity index (χ3v) is 6.15. The second-order valence-electron chi connectivity index (χ2n) is 7.06. The Morgan fingerprint density at radius 1 is 1.22 bits per heavy atom. The van der Waals surface area contributed by atoms with Crippen molar-refractivity contribution < 1.29 is 5.11 Å². The van der Waals surface area contributed by atoms with Crippen LogP contribution in [0.5, 0.6) is 5.75 Å². The largest absolute Gasteiger partial charge is 0.507 e. The van der Waals surface area contributed by atoms with Gasteiger partial charge in [-0.3, -0.25) is 0 Å². The molecule has 1 N–H and O–H groups in total. The first-order valence-electron chi connectivity index (χ1n) is 7.21. The molecule has 4 unspecified atom stereocenters. The van der Waals surface area contributed by atoms with Crippen LogP contribution in [-0.2, 0) is 0 Å². The fourth-order valence-corrected chi connectivity index (χ4v) is 4.49. The molecule has 1 heteroatoms. The van der Waals surface area contributed by atoms with Gasteiger partial charge in [0.2, 0.25) is 0 Å². The predicted octanol–water partition coefficient (Wildman–Crippen LogP) is 4.49. The van der Waals surface area contributed by atoms with Crippen molar-refractivity contribution in [2.75, 3.05) is 0 Å². The average Bonchev–Trinajstić information content (AvgIpc) is 2.83. The molecule has 0 saturated heterocycles. The van der Waals surface area contributed by atoms with Crippen molar-refractivity contribution >= 4 is 0 Å². The second kappa shape index (κ2) is 3.76. The molecule has 4 atom stereocenters. The minimum Gasteiger partial charge on any atom is -0.507 e. The van der Waals surface area contributed by atoms with Crippen molar-refractivity contribution in [3.63, 3.8) is 0 Å². The number of fused-ring (bicyclic) bond motifs is 2. The highest BCUT2D eigenvalue weighted by atomic mass is 16.3. The average molecular weight is 244 g/mol. The van der Waals surface area contributed by atoms with E-state index >= 15 is 0 Å². The van der Waals surface area contributed by atoms with Crippen molar-refractivity contribution in [3.8, 4) is 5.75 Å². The minimum absolute atomic E-state index is 0.487. The molecule has 1 aromatic rings. The predicted molar refractivity (Wildman–Crippen MR) is 74.7 cm³/mol. The van der Waals surface area contributed by atoms with Gasteiger partial charge in [0.1, 0.15) is 5.75 Å². The number of benzene rings is 1. The van der Waals surface area contributed by atoms with Gasteiger partial charge < -0.3 is 5.11 Å². The summed E-state index contributed by atoms with van der Waals surface area (Å²) in [4.78, 5) is 0. The first-order valence-corrected chi connectivity index (χ1v) is 7.21. The zero-order valence-electron chi connectivity index (χ0n) is 11.9. The molecule has 0 aliphatic heterocycles. The molecule has 3 rings (SSSR count). The number of hydrogen-bond acceptors (Lipinski definition) is 1. The van der Waals surface area contributed by atoms with Crippen molar-refractivity contribution in [1.82, 2.24) is 0 Å². The van der Waals surface area contributed by atoms with Gasteiger partial charge in [0, 0.05) is 0 Å². The standard InChI is InChI=1S/C17H24O/c1-10-6-5-7-13(16(10)18)15-9-12-8-14(15)11(2)17(12,3)4/h5-7,11-12,14-15,18H,8-9H2,1-4H3. The van der Waals surface area contributed by atoms with Crippen molar-refractivity contribution in [1.29, 1.82) is 0 Å². The van der Waals surface area contributed by atoms with Gasteiger partial charge in [-0.2, -0.15) is 0 Å². The quantitative estimate of drug-likeness (QED) is 0.772. The normalized spacial score (nSPS) is 37.1. The maximum atomic E-state index is 10.3. The highest BCUT2D eigenvalue weighted by Gasteiger charge is 2.55. The molecule has 0 aromatic heterocycles. The molecule has 2 aliphatic rings. The summed E-state index contributed by atoms with van der Waals surface area (Å²) < 4.78 is 0. The Kier molecular flexibility index (Phi) is 2.52. The fourth-order valence-electron chi connectivity index (χ4n) is 4.49. The zero-order chi connectivity index (χ0) is 13.1. The Morgan fingerprint density at radius 2 is 1.94 bits per heavy atom. The van der Waals surface area contributed by atoms with E-state index in [1.165, 1.54) is 18.4 Å². The lowest BCUT2D eigenvalue weighted by atomic mass is 9.65. The van der Waals surface area contributed by atoms with Crippen LogP contribution in [0.2, 0.25) is 0 Å². The summed E-state index contributed by atoms with van der Waals surface area (Å²) in [7, 11) is 0. The molecule has 2 aliphatic carbocycles. The molecular formula is C17H24O. The summed E-state index contributed by atoms with van der Waals surface area (Å²) in [5.74, 6) is 3.49. The highest BCUT2D eigenvalue weighted by molar-refractivity contribution is 5.43. The second-order valence-corrected chi connectivity index (χ2v) is 7.06. The van der Waals surface area contributed by atoms with Gasteiger partial charge >= 0.3 is 0 Å². The Labute approximate surface area is 110 Å². The van der Waals surface area contributed by atoms with Gasteiger partial charge in [0.05, 0.1) is 0 Å². The van der Waals surface area contributed by atoms with Gasteiger partial charge in [-0.1, -0.05) is 39.0 Å². The number of hydrogen-bond donors (Lipinski definition) is 1. The van der Waals surface area contributed by atoms with Crippen LogP contribution >= 0.6 is 0 Å². The van der Waals surface area contributed by atoms with Gasteiger partial charge in [-0.05, 0) is 60.0 Å². The Morgan fingerprint density at radius 3 is 2.56 bits per heavy atom. The lowest BCUT2D eigenvalue weighted by molar-refractivity contribution is 0.121. The molecule has 1 nitrogen and oxygen atoms in total. The van der Waals surface area contributed by atoms with Crippen LogP contribution in [0.1, 0.15) is 50.7 Å². The van der Waals surface area contributed by atoms with Crippen LogP contribution in [0.15, 0.2) is 18.2 Å². The number of rotatable bonds is 1. The Balaban J connectivity index is 1.96. The van der Waals surface area contributed by atoms with Gasteiger partial charge in [0.15, 0.2) is 0 Å². The number of phenols is 1. The summed E-state index contributed by atoms with van der Waals surface area (Å²) in [6.45, 7) is 9.26. The summed E-state index contributed by atoms with van der Waals surface area (Å²) in [6.07, 6.45) is 2.62. The fraction of sp³-hybridized carbons (Fsp3) is 0.647. The summed E-state index contributed by atoms with van der Waals surface area (Å²) in [6, 6.07) is 6.22. The molecule has 1 aromatic carbocycles. The van der Waals surface area contributed by atoms with Gasteiger partial charge in [-0.15, -0.1) is 0 Å². The number of aryl methyl sites for hydroxylation is 1. The Bertz CT molecular complexity index is 470. The molecule has 2 saturated carbocycles. The molecule has 0 spiro atoms. The van der Waals surface area contributed by atoms with Crippen molar-refractivity contribution in [2.45, 2.75) is 46.5 Å². The highest BCUT2D eigenvalue weighted by Crippen LogP contribution is 2.64. The van der Waals surface area contributed by atoms with E-state index in [0.29, 0.717) is 17.1 Å². The smallest absolute Gasteiger partial charge is 0.121 e. The lowest BCUT2D eigenvalue weighted by Crippen LogP contribution is -2.32. The monoisotopic (exact) mass is 244 g/mol. The van der Waals surface area contributed by atoms with E-state index in [0.717, 1.165) is 23.3 Å². The third-order valence-electron chi connectivity index (χ3n) is 6.15. The number of para-hydroxylation sites is 1. The Hall–Kier alpha value is -0.980. The summed E-state index contributed by atoms with van der Waals surface area (Å²) >= 11 is 0. The summed E-state index contributed by atoms with van der Waals surface area (Å²) in [5, 5.41) is 10.3. The molecule has 98 valence electrons. The van der Waals surface area contributed by atoms with Crippen LogP contribution in [0.25, 0.3) is 0 Å². The first-order chi connectivity index (χ1) is 8.43. The van der Waals surface area contributed by atoms with E-state index in [2.05, 4.69) is 32.9 Å². The molecule has 2 fully saturated rings. The van der Waals surface area contributed by atoms with Crippen LogP contribution in [0.3, 0.4) is 0 Å². The van der Waals surface area contributed by atoms with Crippen LogP contribution < -0.4 is 0 Å². The van der Waals surface area contributed by atoms with Crippen molar-refractivity contribution in [2.24, 2.45) is 23.2 Å².